The molecule has 2 atom stereocenters. The second kappa shape index (κ2) is 10.9. The number of benzene rings is 2. The first-order valence-corrected chi connectivity index (χ1v) is 10.2. The molecule has 2 unspecified atom stereocenters. The summed E-state index contributed by atoms with van der Waals surface area (Å²) >= 11 is 6.25. The number of nitrogens with zero attached hydrogens (tertiary/aromatic N) is 1. The van der Waals surface area contributed by atoms with E-state index in [9.17, 15) is 14.7 Å². The molecule has 3 aromatic rings. The number of ether oxygens (including phenoxy) is 2. The van der Waals surface area contributed by atoms with Crippen LogP contribution in [0.2, 0.25) is 5.02 Å². The standard InChI is InChI=1S/C23H23ClN2O6/c1-30-22(28)16(13-25-12-14-8-4-3-5-9-14)20(27)21-18(23(29)31-2)19(26-32-21)15-10-6-7-11-17(15)24/h3-11,16,20,25,27H,12-13H2,1-2H3. The Labute approximate surface area is 190 Å². The van der Waals surface area contributed by atoms with E-state index in [2.05, 4.69) is 10.5 Å². The van der Waals surface area contributed by atoms with Crippen LogP contribution in [0.1, 0.15) is 27.8 Å². The molecule has 3 rings (SSSR count). The third-order valence-electron chi connectivity index (χ3n) is 4.93. The molecule has 1 heterocycles. The Morgan fingerprint density at radius 3 is 2.44 bits per heavy atom. The third-order valence-corrected chi connectivity index (χ3v) is 5.26. The van der Waals surface area contributed by atoms with Crippen molar-refractivity contribution >= 4 is 23.5 Å². The Morgan fingerprint density at radius 1 is 1.09 bits per heavy atom. The van der Waals surface area contributed by atoms with Gasteiger partial charge in [0, 0.05) is 18.7 Å². The lowest BCUT2D eigenvalue weighted by molar-refractivity contribution is -0.150. The van der Waals surface area contributed by atoms with Crippen LogP contribution in [-0.4, -0.2) is 43.0 Å². The molecule has 8 nitrogen and oxygen atoms in total. The van der Waals surface area contributed by atoms with Crippen molar-refractivity contribution in [3.63, 3.8) is 0 Å². The number of hydrogen-bond donors (Lipinski definition) is 2. The minimum atomic E-state index is -1.52. The van der Waals surface area contributed by atoms with Crippen LogP contribution in [0.5, 0.6) is 0 Å². The lowest BCUT2D eigenvalue weighted by Gasteiger charge is -2.20. The number of aliphatic hydroxyl groups excluding tert-OH is 1. The van der Waals surface area contributed by atoms with Crippen LogP contribution in [0.4, 0.5) is 0 Å². The summed E-state index contributed by atoms with van der Waals surface area (Å²) in [6.07, 6.45) is -1.52. The largest absolute Gasteiger partial charge is 0.469 e. The van der Waals surface area contributed by atoms with Gasteiger partial charge in [-0.3, -0.25) is 4.79 Å². The molecule has 0 fully saturated rings. The lowest BCUT2D eigenvalue weighted by atomic mass is 9.95. The highest BCUT2D eigenvalue weighted by Gasteiger charge is 2.37. The fraction of sp³-hybridized carbons (Fsp3) is 0.261. The normalized spacial score (nSPS) is 12.8. The highest BCUT2D eigenvalue weighted by molar-refractivity contribution is 6.33. The molecule has 168 valence electrons. The van der Waals surface area contributed by atoms with Gasteiger partial charge in [-0.15, -0.1) is 0 Å². The van der Waals surface area contributed by atoms with Gasteiger partial charge >= 0.3 is 11.9 Å². The van der Waals surface area contributed by atoms with Gasteiger partial charge < -0.3 is 24.4 Å². The molecule has 0 spiro atoms. The van der Waals surface area contributed by atoms with Crippen molar-refractivity contribution in [1.29, 1.82) is 0 Å². The number of aromatic nitrogens is 1. The van der Waals surface area contributed by atoms with E-state index < -0.39 is 24.0 Å². The molecule has 2 N–H and O–H groups in total. The molecule has 0 saturated heterocycles. The topological polar surface area (TPSA) is 111 Å². The Bertz CT molecular complexity index is 1070. The summed E-state index contributed by atoms with van der Waals surface area (Å²) in [6.45, 7) is 0.525. The first-order chi connectivity index (χ1) is 15.5. The SMILES string of the molecule is COC(=O)c1c(-c2ccccc2Cl)noc1C(O)C(CNCc1ccccc1)C(=O)OC. The Hall–Kier alpha value is -3.20. The highest BCUT2D eigenvalue weighted by atomic mass is 35.5. The van der Waals surface area contributed by atoms with Gasteiger partial charge in [0.05, 0.1) is 19.2 Å². The maximum Gasteiger partial charge on any atom is 0.343 e. The van der Waals surface area contributed by atoms with Gasteiger partial charge in [-0.05, 0) is 11.6 Å². The first-order valence-electron chi connectivity index (χ1n) is 9.81. The smallest absolute Gasteiger partial charge is 0.343 e. The Balaban J connectivity index is 1.91. The number of halogens is 1. The zero-order valence-corrected chi connectivity index (χ0v) is 18.3. The molecule has 2 aromatic carbocycles. The van der Waals surface area contributed by atoms with Gasteiger partial charge in [0.2, 0.25) is 0 Å². The van der Waals surface area contributed by atoms with Crippen LogP contribution in [0.25, 0.3) is 11.3 Å². The van der Waals surface area contributed by atoms with Crippen molar-refractivity contribution in [2.45, 2.75) is 12.6 Å². The molecular formula is C23H23ClN2O6. The molecular weight excluding hydrogens is 436 g/mol. The average Bonchev–Trinajstić information content (AvgIpc) is 3.26. The fourth-order valence-corrected chi connectivity index (χ4v) is 3.49. The van der Waals surface area contributed by atoms with Crippen LogP contribution < -0.4 is 5.32 Å². The Kier molecular flexibility index (Phi) is 7.99. The predicted molar refractivity (Wildman–Crippen MR) is 117 cm³/mol. The number of rotatable bonds is 9. The van der Waals surface area contributed by atoms with Crippen LogP contribution >= 0.6 is 11.6 Å². The molecule has 0 aliphatic carbocycles. The molecule has 0 saturated carbocycles. The zero-order valence-electron chi connectivity index (χ0n) is 17.6. The number of carbonyl (C=O) groups is 2. The quantitative estimate of drug-likeness (QED) is 0.469. The van der Waals surface area contributed by atoms with E-state index in [1.165, 1.54) is 14.2 Å². The molecule has 0 amide bonds. The van der Waals surface area contributed by atoms with Gasteiger partial charge in [0.25, 0.3) is 0 Å². The lowest BCUT2D eigenvalue weighted by Crippen LogP contribution is -2.34. The van der Waals surface area contributed by atoms with E-state index in [0.29, 0.717) is 17.1 Å². The first kappa shape index (κ1) is 23.5. The number of methoxy groups -OCH3 is 2. The summed E-state index contributed by atoms with van der Waals surface area (Å²) in [6, 6.07) is 16.3. The van der Waals surface area contributed by atoms with Crippen molar-refractivity contribution < 1.29 is 28.7 Å². The van der Waals surface area contributed by atoms with E-state index >= 15 is 0 Å². The highest BCUT2D eigenvalue weighted by Crippen LogP contribution is 2.36. The molecule has 32 heavy (non-hydrogen) atoms. The van der Waals surface area contributed by atoms with Crippen LogP contribution in [0.15, 0.2) is 59.1 Å². The van der Waals surface area contributed by atoms with E-state index in [1.807, 2.05) is 30.3 Å². The predicted octanol–water partition coefficient (Wildman–Crippen LogP) is 3.39. The monoisotopic (exact) mass is 458 g/mol. The maximum atomic E-state index is 12.6. The molecule has 1 aromatic heterocycles. The number of nitrogens with one attached hydrogen (secondary N) is 1. The summed E-state index contributed by atoms with van der Waals surface area (Å²) in [5.74, 6) is -2.73. The number of carbonyl (C=O) groups excluding carboxylic acids is 2. The third kappa shape index (κ3) is 5.16. The van der Waals surface area contributed by atoms with E-state index in [-0.39, 0.29) is 23.6 Å². The molecule has 0 aliphatic rings. The van der Waals surface area contributed by atoms with Crippen molar-refractivity contribution in [3.05, 3.63) is 76.5 Å². The second-order valence-corrected chi connectivity index (χ2v) is 7.34. The summed E-state index contributed by atoms with van der Waals surface area (Å²) in [4.78, 5) is 25.0. The van der Waals surface area contributed by atoms with Gasteiger partial charge in [0.15, 0.2) is 5.76 Å². The summed E-state index contributed by atoms with van der Waals surface area (Å²) in [7, 11) is 2.41. The minimum Gasteiger partial charge on any atom is -0.469 e. The van der Waals surface area contributed by atoms with Gasteiger partial charge in [0.1, 0.15) is 23.3 Å². The maximum absolute atomic E-state index is 12.6. The molecule has 9 heteroatoms. The van der Waals surface area contributed by atoms with Crippen molar-refractivity contribution in [2.24, 2.45) is 5.92 Å². The van der Waals surface area contributed by atoms with E-state index in [1.54, 1.807) is 24.3 Å². The number of hydrogen-bond acceptors (Lipinski definition) is 8. The van der Waals surface area contributed by atoms with Gasteiger partial charge in [-0.1, -0.05) is 65.3 Å². The second-order valence-electron chi connectivity index (χ2n) is 6.93. The Morgan fingerprint density at radius 2 is 1.78 bits per heavy atom. The summed E-state index contributed by atoms with van der Waals surface area (Å²) in [5.41, 5.74) is 1.43. The number of esters is 2. The van der Waals surface area contributed by atoms with E-state index in [4.69, 9.17) is 25.6 Å². The fourth-order valence-electron chi connectivity index (χ4n) is 3.27. The van der Waals surface area contributed by atoms with Crippen LogP contribution in [-0.2, 0) is 20.8 Å². The molecule has 0 radical (unpaired) electrons. The van der Waals surface area contributed by atoms with Crippen molar-refractivity contribution in [3.8, 4) is 11.3 Å². The zero-order chi connectivity index (χ0) is 23.1. The van der Waals surface area contributed by atoms with E-state index in [0.717, 1.165) is 5.56 Å². The number of aliphatic hydroxyl groups is 1. The van der Waals surface area contributed by atoms with Crippen molar-refractivity contribution in [2.75, 3.05) is 20.8 Å². The van der Waals surface area contributed by atoms with Gasteiger partial charge in [-0.25, -0.2) is 4.79 Å². The molecule has 0 aliphatic heterocycles. The van der Waals surface area contributed by atoms with Crippen LogP contribution in [0, 0.1) is 5.92 Å². The average molecular weight is 459 g/mol. The van der Waals surface area contributed by atoms with Gasteiger partial charge in [-0.2, -0.15) is 0 Å². The van der Waals surface area contributed by atoms with Crippen molar-refractivity contribution in [1.82, 2.24) is 10.5 Å². The van der Waals surface area contributed by atoms with Crippen LogP contribution in [0.3, 0.4) is 0 Å². The molecule has 0 bridgehead atoms. The summed E-state index contributed by atoms with van der Waals surface area (Å²) in [5, 5.41) is 18.4. The summed E-state index contributed by atoms with van der Waals surface area (Å²) < 4.78 is 15.1. The minimum absolute atomic E-state index is 0.0610.